The van der Waals surface area contributed by atoms with Crippen molar-refractivity contribution in [3.05, 3.63) is 48.0 Å². The van der Waals surface area contributed by atoms with Crippen molar-refractivity contribution < 1.29 is 28.6 Å². The normalized spacial score (nSPS) is 15.5. The molecule has 33 heavy (non-hydrogen) atoms. The van der Waals surface area contributed by atoms with Gasteiger partial charge < -0.3 is 14.2 Å². The second kappa shape index (κ2) is 13.1. The van der Waals surface area contributed by atoms with Crippen LogP contribution in [0, 0.1) is 6.92 Å². The number of carbonyl (C=O) groups excluding carboxylic acids is 3. The van der Waals surface area contributed by atoms with Gasteiger partial charge in [0.15, 0.2) is 5.71 Å². The number of carbonyl (C=O) groups is 3. The van der Waals surface area contributed by atoms with Crippen molar-refractivity contribution in [2.45, 2.75) is 51.1 Å². The van der Waals surface area contributed by atoms with Crippen LogP contribution < -0.4 is 0 Å². The summed E-state index contributed by atoms with van der Waals surface area (Å²) in [6.07, 6.45) is 6.34. The minimum Gasteiger partial charge on any atom is -0.467 e. The van der Waals surface area contributed by atoms with E-state index in [0.717, 1.165) is 49.8 Å². The van der Waals surface area contributed by atoms with Crippen LogP contribution in [0.3, 0.4) is 0 Å². The quantitative estimate of drug-likeness (QED) is 0.185. The molecule has 0 radical (unpaired) electrons. The molecule has 0 saturated heterocycles. The number of amides is 1. The number of nitrogens with zero attached hydrogens (tertiary/aromatic N) is 3. The topological polar surface area (TPSA) is 107 Å². The zero-order chi connectivity index (χ0) is 24.2. The first-order valence-electron chi connectivity index (χ1n) is 10.8. The Morgan fingerprint density at radius 2 is 1.79 bits per heavy atom. The monoisotopic (exact) mass is 457 g/mol. The number of hydrogen-bond donors (Lipinski definition) is 0. The van der Waals surface area contributed by atoms with Gasteiger partial charge in [0.25, 0.3) is 0 Å². The summed E-state index contributed by atoms with van der Waals surface area (Å²) in [5.41, 5.74) is 1.47. The van der Waals surface area contributed by atoms with Gasteiger partial charge in [0.05, 0.1) is 26.5 Å². The Balaban J connectivity index is 2.53. The van der Waals surface area contributed by atoms with E-state index in [1.807, 2.05) is 19.1 Å². The zero-order valence-corrected chi connectivity index (χ0v) is 19.4. The van der Waals surface area contributed by atoms with Crippen LogP contribution in [-0.4, -0.2) is 67.9 Å². The van der Waals surface area contributed by atoms with Crippen molar-refractivity contribution in [1.29, 1.82) is 0 Å². The third kappa shape index (κ3) is 7.55. The van der Waals surface area contributed by atoms with Gasteiger partial charge in [-0.3, -0.25) is 4.99 Å². The van der Waals surface area contributed by atoms with Crippen molar-refractivity contribution in [2.24, 2.45) is 10.1 Å². The lowest BCUT2D eigenvalue weighted by atomic mass is 9.95. The van der Waals surface area contributed by atoms with Crippen molar-refractivity contribution in [3.8, 4) is 0 Å². The molecule has 0 aliphatic heterocycles. The largest absolute Gasteiger partial charge is 0.467 e. The molecule has 1 saturated carbocycles. The van der Waals surface area contributed by atoms with Gasteiger partial charge in [0, 0.05) is 0 Å². The first kappa shape index (κ1) is 25.8. The molecular formula is C24H31N3O6. The zero-order valence-electron chi connectivity index (χ0n) is 19.4. The van der Waals surface area contributed by atoms with Crippen LogP contribution in [0.15, 0.2) is 47.0 Å². The number of ether oxygens (including phenoxy) is 3. The van der Waals surface area contributed by atoms with E-state index in [2.05, 4.69) is 16.7 Å². The van der Waals surface area contributed by atoms with E-state index in [9.17, 15) is 14.4 Å². The minimum atomic E-state index is -1.58. The van der Waals surface area contributed by atoms with Crippen LogP contribution in [-0.2, 0) is 23.8 Å². The first-order chi connectivity index (χ1) is 15.9. The molecule has 0 N–H and O–H groups in total. The molecule has 0 heterocycles. The highest BCUT2D eigenvalue weighted by molar-refractivity contribution is 6.42. The van der Waals surface area contributed by atoms with Gasteiger partial charge in [-0.15, -0.1) is 0 Å². The standard InChI is InChI=1S/C24H31N3O6/c1-5-15-33-24(30)27(25-16-18-13-11-17(2)12-14-18)21(23(29)32-4)20(22(28)31-3)26-19-9-7-6-8-10-19/h5,11-14,16,19,21H,1,6-10,15H2,2-4H3. The maximum absolute atomic E-state index is 12.9. The summed E-state index contributed by atoms with van der Waals surface area (Å²) < 4.78 is 14.9. The van der Waals surface area contributed by atoms with Crippen LogP contribution in [0.2, 0.25) is 0 Å². The molecule has 1 aromatic carbocycles. The summed E-state index contributed by atoms with van der Waals surface area (Å²) in [7, 11) is 2.34. The van der Waals surface area contributed by atoms with Gasteiger partial charge in [0.1, 0.15) is 6.61 Å². The highest BCUT2D eigenvalue weighted by Gasteiger charge is 2.41. The Bertz CT molecular complexity index is 888. The number of benzene rings is 1. The van der Waals surface area contributed by atoms with Crippen molar-refractivity contribution in [3.63, 3.8) is 0 Å². The third-order valence-corrected chi connectivity index (χ3v) is 5.14. The van der Waals surface area contributed by atoms with E-state index in [1.165, 1.54) is 19.4 Å². The minimum absolute atomic E-state index is 0.114. The van der Waals surface area contributed by atoms with Gasteiger partial charge in [0.2, 0.25) is 6.04 Å². The number of methoxy groups -OCH3 is 2. The second-order valence-corrected chi connectivity index (χ2v) is 7.59. The molecule has 1 fully saturated rings. The molecule has 2 rings (SSSR count). The number of rotatable bonds is 9. The lowest BCUT2D eigenvalue weighted by Crippen LogP contribution is -2.51. The van der Waals surface area contributed by atoms with E-state index < -0.39 is 24.1 Å². The Morgan fingerprint density at radius 3 is 2.36 bits per heavy atom. The molecule has 0 aromatic heterocycles. The maximum atomic E-state index is 12.9. The molecule has 1 aliphatic rings. The number of aryl methyl sites for hydroxylation is 1. The van der Waals surface area contributed by atoms with E-state index >= 15 is 0 Å². The fraction of sp³-hybridized carbons (Fsp3) is 0.458. The molecule has 1 atom stereocenters. The maximum Gasteiger partial charge on any atom is 0.431 e. The number of hydrazone groups is 1. The number of aliphatic imine (C=N–C) groups is 1. The van der Waals surface area contributed by atoms with Crippen LogP contribution in [0.4, 0.5) is 4.79 Å². The molecule has 9 nitrogen and oxygen atoms in total. The number of hydrogen-bond acceptors (Lipinski definition) is 8. The van der Waals surface area contributed by atoms with Crippen LogP contribution in [0.1, 0.15) is 43.2 Å². The average molecular weight is 458 g/mol. The predicted molar refractivity (Wildman–Crippen MR) is 124 cm³/mol. The number of esters is 2. The molecule has 0 spiro atoms. The summed E-state index contributed by atoms with van der Waals surface area (Å²) in [6, 6.07) is 5.61. The molecule has 178 valence electrons. The predicted octanol–water partition coefficient (Wildman–Crippen LogP) is 3.44. The Kier molecular flexibility index (Phi) is 10.3. The molecule has 1 aliphatic carbocycles. The summed E-state index contributed by atoms with van der Waals surface area (Å²) in [5.74, 6) is -1.74. The fourth-order valence-electron chi connectivity index (χ4n) is 3.38. The Hall–Kier alpha value is -3.49. The second-order valence-electron chi connectivity index (χ2n) is 7.59. The molecule has 1 aromatic rings. The Labute approximate surface area is 194 Å². The highest BCUT2D eigenvalue weighted by atomic mass is 16.6. The fourth-order valence-corrected chi connectivity index (χ4v) is 3.38. The van der Waals surface area contributed by atoms with Crippen LogP contribution in [0.25, 0.3) is 0 Å². The van der Waals surface area contributed by atoms with E-state index in [0.29, 0.717) is 5.56 Å². The van der Waals surface area contributed by atoms with Gasteiger partial charge in [-0.1, -0.05) is 61.7 Å². The smallest absolute Gasteiger partial charge is 0.431 e. The molecule has 1 unspecified atom stereocenters. The van der Waals surface area contributed by atoms with Crippen molar-refractivity contribution in [1.82, 2.24) is 5.01 Å². The van der Waals surface area contributed by atoms with Gasteiger partial charge in [-0.25, -0.2) is 14.4 Å². The van der Waals surface area contributed by atoms with Crippen molar-refractivity contribution in [2.75, 3.05) is 20.8 Å². The Morgan fingerprint density at radius 1 is 1.12 bits per heavy atom. The summed E-state index contributed by atoms with van der Waals surface area (Å²) in [4.78, 5) is 42.9. The highest BCUT2D eigenvalue weighted by Crippen LogP contribution is 2.22. The average Bonchev–Trinajstić information content (AvgIpc) is 2.84. The first-order valence-corrected chi connectivity index (χ1v) is 10.8. The van der Waals surface area contributed by atoms with Gasteiger partial charge in [-0.2, -0.15) is 10.1 Å². The SMILES string of the molecule is C=CCOC(=O)N(N=Cc1ccc(C)cc1)C(C(=O)OC)C(=NC1CCCCC1)C(=O)OC. The van der Waals surface area contributed by atoms with Gasteiger partial charge in [-0.05, 0) is 25.3 Å². The summed E-state index contributed by atoms with van der Waals surface area (Å²) in [6.45, 7) is 5.35. The van der Waals surface area contributed by atoms with Crippen molar-refractivity contribution >= 4 is 30.0 Å². The summed E-state index contributed by atoms with van der Waals surface area (Å²) >= 11 is 0. The summed E-state index contributed by atoms with van der Waals surface area (Å²) in [5, 5.41) is 4.94. The molecule has 1 amide bonds. The lowest BCUT2D eigenvalue weighted by molar-refractivity contribution is -0.145. The lowest BCUT2D eigenvalue weighted by Gasteiger charge is -2.26. The molecule has 0 bridgehead atoms. The van der Waals surface area contributed by atoms with E-state index in [1.54, 1.807) is 12.1 Å². The molecule has 9 heteroatoms. The van der Waals surface area contributed by atoms with Crippen LogP contribution in [0.5, 0.6) is 0 Å². The van der Waals surface area contributed by atoms with E-state index in [4.69, 9.17) is 14.2 Å². The molecular weight excluding hydrogens is 426 g/mol. The third-order valence-electron chi connectivity index (χ3n) is 5.14. The van der Waals surface area contributed by atoms with Gasteiger partial charge >= 0.3 is 18.0 Å². The van der Waals surface area contributed by atoms with Crippen LogP contribution >= 0.6 is 0 Å². The van der Waals surface area contributed by atoms with E-state index in [-0.39, 0.29) is 18.4 Å².